The molecule has 1 heterocycles. The number of nitrogens with zero attached hydrogens (tertiary/aromatic N) is 1. The lowest BCUT2D eigenvalue weighted by atomic mass is 10.1. The first kappa shape index (κ1) is 12.6. The smallest absolute Gasteiger partial charge is 0.255 e. The van der Waals surface area contributed by atoms with Gasteiger partial charge in [-0.1, -0.05) is 29.3 Å². The molecule has 0 aliphatic heterocycles. The number of nitrogens with one attached hydrogen (secondary N) is 1. The first-order chi connectivity index (χ1) is 8.56. The highest BCUT2D eigenvalue weighted by Gasteiger charge is 2.08. The Hall–Kier alpha value is -1.87. The predicted octanol–water partition coefficient (Wildman–Crippen LogP) is 3.60. The van der Waals surface area contributed by atoms with E-state index in [2.05, 4.69) is 10.3 Å². The van der Waals surface area contributed by atoms with E-state index in [-0.39, 0.29) is 5.91 Å². The van der Waals surface area contributed by atoms with E-state index in [1.807, 2.05) is 32.0 Å². The van der Waals surface area contributed by atoms with E-state index in [9.17, 15) is 4.79 Å². The van der Waals surface area contributed by atoms with Crippen molar-refractivity contribution in [2.75, 3.05) is 5.32 Å². The maximum atomic E-state index is 12.0. The second kappa shape index (κ2) is 5.19. The van der Waals surface area contributed by atoms with Crippen molar-refractivity contribution in [1.29, 1.82) is 0 Å². The normalized spacial score (nSPS) is 10.2. The molecule has 0 atom stereocenters. The number of pyridine rings is 1. The second-order valence-corrected chi connectivity index (χ2v) is 4.53. The molecule has 0 saturated carbocycles. The summed E-state index contributed by atoms with van der Waals surface area (Å²) >= 11 is 5.77. The average Bonchev–Trinajstić information content (AvgIpc) is 2.32. The Kier molecular flexibility index (Phi) is 3.63. The highest BCUT2D eigenvalue weighted by Crippen LogP contribution is 2.17. The minimum atomic E-state index is -0.147. The lowest BCUT2D eigenvalue weighted by molar-refractivity contribution is 0.102. The van der Waals surface area contributed by atoms with Crippen LogP contribution >= 0.6 is 11.6 Å². The molecular formula is C14H13ClN2O. The zero-order valence-corrected chi connectivity index (χ0v) is 11.0. The Morgan fingerprint density at radius 1 is 1.28 bits per heavy atom. The highest BCUT2D eigenvalue weighted by atomic mass is 35.5. The Labute approximate surface area is 111 Å². The van der Waals surface area contributed by atoms with Crippen LogP contribution in [0.3, 0.4) is 0 Å². The molecule has 0 saturated heterocycles. The van der Waals surface area contributed by atoms with Crippen molar-refractivity contribution >= 4 is 23.2 Å². The Morgan fingerprint density at radius 2 is 2.06 bits per heavy atom. The van der Waals surface area contributed by atoms with Crippen LogP contribution in [0.15, 0.2) is 36.5 Å². The van der Waals surface area contributed by atoms with Gasteiger partial charge in [0.1, 0.15) is 5.15 Å². The van der Waals surface area contributed by atoms with E-state index in [4.69, 9.17) is 11.6 Å². The number of aromatic nitrogens is 1. The van der Waals surface area contributed by atoms with E-state index in [0.29, 0.717) is 16.4 Å². The van der Waals surface area contributed by atoms with Gasteiger partial charge < -0.3 is 5.32 Å². The standard InChI is InChI=1S/C14H13ClN2O/c1-9-4-3-5-11(6-9)14(18)17-12-8-16-13(15)7-10(12)2/h3-8H,1-2H3,(H,17,18). The topological polar surface area (TPSA) is 42.0 Å². The van der Waals surface area contributed by atoms with Crippen molar-refractivity contribution in [2.24, 2.45) is 0 Å². The molecule has 2 rings (SSSR count). The van der Waals surface area contributed by atoms with Gasteiger partial charge >= 0.3 is 0 Å². The summed E-state index contributed by atoms with van der Waals surface area (Å²) in [6, 6.07) is 9.14. The first-order valence-corrected chi connectivity index (χ1v) is 5.94. The molecule has 4 heteroatoms. The molecule has 92 valence electrons. The van der Waals surface area contributed by atoms with Crippen LogP contribution in [0.4, 0.5) is 5.69 Å². The molecule has 0 bridgehead atoms. The molecule has 3 nitrogen and oxygen atoms in total. The monoisotopic (exact) mass is 260 g/mol. The summed E-state index contributed by atoms with van der Waals surface area (Å²) in [7, 11) is 0. The number of hydrogen-bond acceptors (Lipinski definition) is 2. The van der Waals surface area contributed by atoms with Crippen LogP contribution in [0, 0.1) is 13.8 Å². The molecule has 0 aliphatic carbocycles. The zero-order valence-electron chi connectivity index (χ0n) is 10.2. The van der Waals surface area contributed by atoms with Gasteiger partial charge in [-0.25, -0.2) is 4.98 Å². The number of halogens is 1. The molecular weight excluding hydrogens is 248 g/mol. The number of carbonyl (C=O) groups is 1. The van der Waals surface area contributed by atoms with Gasteiger partial charge in [0.15, 0.2) is 0 Å². The number of anilines is 1. The summed E-state index contributed by atoms with van der Waals surface area (Å²) < 4.78 is 0. The third kappa shape index (κ3) is 2.87. The first-order valence-electron chi connectivity index (χ1n) is 5.56. The van der Waals surface area contributed by atoms with E-state index < -0.39 is 0 Å². The number of rotatable bonds is 2. The molecule has 18 heavy (non-hydrogen) atoms. The summed E-state index contributed by atoms with van der Waals surface area (Å²) in [5.41, 5.74) is 3.24. The zero-order chi connectivity index (χ0) is 13.1. The van der Waals surface area contributed by atoms with Crippen LogP contribution < -0.4 is 5.32 Å². The predicted molar refractivity (Wildman–Crippen MR) is 73.1 cm³/mol. The second-order valence-electron chi connectivity index (χ2n) is 4.15. The molecule has 1 aromatic carbocycles. The minimum Gasteiger partial charge on any atom is -0.320 e. The number of benzene rings is 1. The van der Waals surface area contributed by atoms with Crippen molar-refractivity contribution in [3.63, 3.8) is 0 Å². The maximum Gasteiger partial charge on any atom is 0.255 e. The lowest BCUT2D eigenvalue weighted by Crippen LogP contribution is -2.13. The van der Waals surface area contributed by atoms with Gasteiger partial charge in [-0.15, -0.1) is 0 Å². The Morgan fingerprint density at radius 3 is 2.72 bits per heavy atom. The molecule has 1 amide bonds. The van der Waals surface area contributed by atoms with E-state index in [1.54, 1.807) is 18.3 Å². The summed E-state index contributed by atoms with van der Waals surface area (Å²) in [5.74, 6) is -0.147. The van der Waals surface area contributed by atoms with Gasteiger partial charge in [-0.3, -0.25) is 4.79 Å². The Balaban J connectivity index is 2.21. The Bertz CT molecular complexity index is 596. The molecule has 0 aliphatic rings. The number of carbonyl (C=O) groups excluding carboxylic acids is 1. The van der Waals surface area contributed by atoms with Crippen molar-refractivity contribution < 1.29 is 4.79 Å². The fourth-order valence-corrected chi connectivity index (χ4v) is 1.85. The van der Waals surface area contributed by atoms with E-state index in [0.717, 1.165) is 11.1 Å². The largest absolute Gasteiger partial charge is 0.320 e. The van der Waals surface area contributed by atoms with Crippen LogP contribution in [-0.4, -0.2) is 10.9 Å². The summed E-state index contributed by atoms with van der Waals surface area (Å²) in [4.78, 5) is 16.0. The molecule has 1 aromatic heterocycles. The van der Waals surface area contributed by atoms with Gasteiger partial charge in [-0.2, -0.15) is 0 Å². The molecule has 0 radical (unpaired) electrons. The maximum absolute atomic E-state index is 12.0. The van der Waals surface area contributed by atoms with Crippen LogP contribution in [0.5, 0.6) is 0 Å². The van der Waals surface area contributed by atoms with Gasteiger partial charge in [0, 0.05) is 5.56 Å². The van der Waals surface area contributed by atoms with Crippen molar-refractivity contribution in [3.8, 4) is 0 Å². The number of amides is 1. The number of aryl methyl sites for hydroxylation is 2. The highest BCUT2D eigenvalue weighted by molar-refractivity contribution is 6.29. The molecule has 0 spiro atoms. The number of hydrogen-bond donors (Lipinski definition) is 1. The summed E-state index contributed by atoms with van der Waals surface area (Å²) in [6.07, 6.45) is 1.56. The van der Waals surface area contributed by atoms with Gasteiger partial charge in [-0.05, 0) is 37.6 Å². The quantitative estimate of drug-likeness (QED) is 0.839. The van der Waals surface area contributed by atoms with Crippen molar-refractivity contribution in [1.82, 2.24) is 4.98 Å². The van der Waals surface area contributed by atoms with Gasteiger partial charge in [0.25, 0.3) is 5.91 Å². The molecule has 0 unspecified atom stereocenters. The van der Waals surface area contributed by atoms with Gasteiger partial charge in [0.2, 0.25) is 0 Å². The van der Waals surface area contributed by atoms with Crippen LogP contribution in [-0.2, 0) is 0 Å². The molecule has 0 fully saturated rings. The fourth-order valence-electron chi connectivity index (χ4n) is 1.63. The van der Waals surface area contributed by atoms with Crippen molar-refractivity contribution in [3.05, 3.63) is 58.4 Å². The van der Waals surface area contributed by atoms with Gasteiger partial charge in [0.05, 0.1) is 11.9 Å². The third-order valence-corrected chi connectivity index (χ3v) is 2.81. The minimum absolute atomic E-state index is 0.147. The van der Waals surface area contributed by atoms with E-state index in [1.165, 1.54) is 0 Å². The lowest BCUT2D eigenvalue weighted by Gasteiger charge is -2.08. The van der Waals surface area contributed by atoms with Crippen molar-refractivity contribution in [2.45, 2.75) is 13.8 Å². The fraction of sp³-hybridized carbons (Fsp3) is 0.143. The van der Waals surface area contributed by atoms with Crippen LogP contribution in [0.2, 0.25) is 5.15 Å². The van der Waals surface area contributed by atoms with Crippen LogP contribution in [0.1, 0.15) is 21.5 Å². The van der Waals surface area contributed by atoms with Crippen LogP contribution in [0.25, 0.3) is 0 Å². The third-order valence-electron chi connectivity index (χ3n) is 2.61. The summed E-state index contributed by atoms with van der Waals surface area (Å²) in [5, 5.41) is 3.24. The molecule has 2 aromatic rings. The molecule has 1 N–H and O–H groups in total. The average molecular weight is 261 g/mol. The van der Waals surface area contributed by atoms with E-state index >= 15 is 0 Å². The SMILES string of the molecule is Cc1cccc(C(=O)Nc2cnc(Cl)cc2C)c1. The summed E-state index contributed by atoms with van der Waals surface area (Å²) in [6.45, 7) is 3.82.